The zero-order valence-electron chi connectivity index (χ0n) is 15.4. The minimum Gasteiger partial charge on any atom is -0.325 e. The van der Waals surface area contributed by atoms with Crippen LogP contribution in [0.4, 0.5) is 18.9 Å². The number of carbonyl (C=O) groups is 1. The van der Waals surface area contributed by atoms with Crippen LogP contribution in [0.15, 0.2) is 53.5 Å². The van der Waals surface area contributed by atoms with E-state index < -0.39 is 17.6 Å². The van der Waals surface area contributed by atoms with Gasteiger partial charge >= 0.3 is 6.18 Å². The second kappa shape index (κ2) is 8.83. The molecule has 1 N–H and O–H groups in total. The summed E-state index contributed by atoms with van der Waals surface area (Å²) in [5.41, 5.74) is 0.207. The van der Waals surface area contributed by atoms with E-state index in [4.69, 9.17) is 0 Å². The predicted molar refractivity (Wildman–Crippen MR) is 109 cm³/mol. The maximum absolute atomic E-state index is 12.8. The number of nitrogens with zero attached hydrogens (tertiary/aromatic N) is 3. The number of carbonyl (C=O) groups excluding carboxylic acids is 1. The van der Waals surface area contributed by atoms with Gasteiger partial charge in [0.05, 0.1) is 11.3 Å². The summed E-state index contributed by atoms with van der Waals surface area (Å²) in [6, 6.07) is 6.52. The number of anilines is 1. The highest BCUT2D eigenvalue weighted by Gasteiger charge is 2.30. The van der Waals surface area contributed by atoms with Crippen LogP contribution in [0.2, 0.25) is 0 Å². The molecule has 1 amide bonds. The maximum Gasteiger partial charge on any atom is 0.416 e. The molecule has 5 nitrogen and oxygen atoms in total. The number of aromatic nitrogens is 3. The summed E-state index contributed by atoms with van der Waals surface area (Å²) in [5, 5.41) is 13.4. The molecule has 0 saturated heterocycles. The number of nitrogens with one attached hydrogen (secondary N) is 1. The fourth-order valence-electron chi connectivity index (χ4n) is 2.56. The first kappa shape index (κ1) is 21.1. The summed E-state index contributed by atoms with van der Waals surface area (Å²) in [6.07, 6.45) is -2.76. The second-order valence-corrected chi connectivity index (χ2v) is 8.12. The van der Waals surface area contributed by atoms with Gasteiger partial charge in [-0.3, -0.25) is 9.36 Å². The summed E-state index contributed by atoms with van der Waals surface area (Å²) in [5.74, 6) is 0.221. The molecule has 0 spiro atoms. The highest BCUT2D eigenvalue weighted by Crippen LogP contribution is 2.31. The Morgan fingerprint density at radius 1 is 1.34 bits per heavy atom. The highest BCUT2D eigenvalue weighted by atomic mass is 32.2. The van der Waals surface area contributed by atoms with Gasteiger partial charge in [-0.2, -0.15) is 13.2 Å². The van der Waals surface area contributed by atoms with Crippen molar-refractivity contribution >= 4 is 34.7 Å². The SMILES string of the molecule is C=CCn1c(SCC(=O)Nc2cccc(C(F)(F)F)c2)nnc1-c1csc(C)c1. The molecule has 0 unspecified atom stereocenters. The minimum atomic E-state index is -4.47. The molecule has 2 aromatic heterocycles. The van der Waals surface area contributed by atoms with E-state index >= 15 is 0 Å². The molecule has 1 aromatic carbocycles. The van der Waals surface area contributed by atoms with E-state index in [0.29, 0.717) is 17.5 Å². The number of benzene rings is 1. The van der Waals surface area contributed by atoms with E-state index in [-0.39, 0.29) is 11.4 Å². The lowest BCUT2D eigenvalue weighted by atomic mass is 10.2. The van der Waals surface area contributed by atoms with Crippen molar-refractivity contribution in [2.45, 2.75) is 24.8 Å². The largest absolute Gasteiger partial charge is 0.416 e. The van der Waals surface area contributed by atoms with Crippen LogP contribution in [0.5, 0.6) is 0 Å². The van der Waals surface area contributed by atoms with Crippen LogP contribution in [0.1, 0.15) is 10.4 Å². The van der Waals surface area contributed by atoms with Crippen molar-refractivity contribution in [2.75, 3.05) is 11.1 Å². The van der Waals surface area contributed by atoms with Gasteiger partial charge in [0.1, 0.15) is 0 Å². The van der Waals surface area contributed by atoms with E-state index in [9.17, 15) is 18.0 Å². The Bertz CT molecular complexity index is 1030. The Hall–Kier alpha value is -2.59. The van der Waals surface area contributed by atoms with Crippen LogP contribution in [-0.4, -0.2) is 26.4 Å². The lowest BCUT2D eigenvalue weighted by Gasteiger charge is -2.10. The fourth-order valence-corrected chi connectivity index (χ4v) is 3.99. The van der Waals surface area contributed by atoms with Gasteiger partial charge in [-0.25, -0.2) is 0 Å². The zero-order chi connectivity index (χ0) is 21.0. The number of aryl methyl sites for hydroxylation is 1. The molecule has 152 valence electrons. The lowest BCUT2D eigenvalue weighted by molar-refractivity contribution is -0.137. The molecule has 0 saturated carbocycles. The number of rotatable bonds is 7. The molecule has 2 heterocycles. The number of thiophene rings is 1. The summed E-state index contributed by atoms with van der Waals surface area (Å²) < 4.78 is 40.2. The smallest absolute Gasteiger partial charge is 0.325 e. The Morgan fingerprint density at radius 3 is 2.79 bits per heavy atom. The first-order chi connectivity index (χ1) is 13.8. The first-order valence-electron chi connectivity index (χ1n) is 8.47. The highest BCUT2D eigenvalue weighted by molar-refractivity contribution is 7.99. The van der Waals surface area contributed by atoms with E-state index in [2.05, 4.69) is 22.1 Å². The summed E-state index contributed by atoms with van der Waals surface area (Å²) in [6.45, 7) is 6.20. The fraction of sp³-hybridized carbons (Fsp3) is 0.211. The number of halogens is 3. The maximum atomic E-state index is 12.8. The third-order valence-corrected chi connectivity index (χ3v) is 5.65. The van der Waals surface area contributed by atoms with Crippen LogP contribution in [0.3, 0.4) is 0 Å². The quantitative estimate of drug-likeness (QED) is 0.404. The monoisotopic (exact) mass is 438 g/mol. The van der Waals surface area contributed by atoms with Crippen LogP contribution in [0, 0.1) is 6.92 Å². The average Bonchev–Trinajstić information content (AvgIpc) is 3.26. The van der Waals surface area contributed by atoms with E-state index in [1.807, 2.05) is 22.9 Å². The Morgan fingerprint density at radius 2 is 2.14 bits per heavy atom. The molecular weight excluding hydrogens is 421 g/mol. The van der Waals surface area contributed by atoms with Crippen molar-refractivity contribution < 1.29 is 18.0 Å². The Kier molecular flexibility index (Phi) is 6.43. The third kappa shape index (κ3) is 5.27. The van der Waals surface area contributed by atoms with Crippen molar-refractivity contribution in [3.8, 4) is 11.4 Å². The van der Waals surface area contributed by atoms with Crippen molar-refractivity contribution in [3.05, 3.63) is 58.8 Å². The number of thioether (sulfide) groups is 1. The number of amides is 1. The molecule has 3 rings (SSSR count). The minimum absolute atomic E-state index is 0.0197. The van der Waals surface area contributed by atoms with E-state index in [1.54, 1.807) is 17.4 Å². The Labute approximate surface area is 173 Å². The van der Waals surface area contributed by atoms with Gasteiger partial charge in [-0.1, -0.05) is 23.9 Å². The standard InChI is InChI=1S/C19H17F3N4OS2/c1-3-7-26-17(13-8-12(2)28-10-13)24-25-18(26)29-11-16(27)23-15-6-4-5-14(9-15)19(20,21)22/h3-6,8-10H,1,7,11H2,2H3,(H,23,27). The summed E-state index contributed by atoms with van der Waals surface area (Å²) in [4.78, 5) is 13.3. The normalized spacial score (nSPS) is 11.4. The van der Waals surface area contributed by atoms with E-state index in [0.717, 1.165) is 34.3 Å². The van der Waals surface area contributed by atoms with Gasteiger partial charge in [0.2, 0.25) is 5.91 Å². The third-order valence-electron chi connectivity index (χ3n) is 3.82. The topological polar surface area (TPSA) is 59.8 Å². The number of allylic oxidation sites excluding steroid dienone is 1. The molecule has 0 aliphatic carbocycles. The molecule has 10 heteroatoms. The number of hydrogen-bond acceptors (Lipinski definition) is 5. The number of hydrogen-bond donors (Lipinski definition) is 1. The molecule has 3 aromatic rings. The molecule has 0 aliphatic rings. The molecule has 0 aliphatic heterocycles. The second-order valence-electron chi connectivity index (χ2n) is 6.07. The molecular formula is C19H17F3N4OS2. The number of alkyl halides is 3. The van der Waals surface area contributed by atoms with Crippen molar-refractivity contribution in [3.63, 3.8) is 0 Å². The van der Waals surface area contributed by atoms with Gasteiger partial charge in [0, 0.05) is 28.1 Å². The van der Waals surface area contributed by atoms with Crippen LogP contribution >= 0.6 is 23.1 Å². The average molecular weight is 439 g/mol. The predicted octanol–water partition coefficient (Wildman–Crippen LogP) is 5.25. The first-order valence-corrected chi connectivity index (χ1v) is 10.3. The van der Waals surface area contributed by atoms with Gasteiger partial charge in [-0.05, 0) is 31.2 Å². The van der Waals surface area contributed by atoms with Crippen molar-refractivity contribution in [1.29, 1.82) is 0 Å². The molecule has 0 atom stereocenters. The van der Waals surface area contributed by atoms with Crippen molar-refractivity contribution in [2.24, 2.45) is 0 Å². The van der Waals surface area contributed by atoms with Gasteiger partial charge in [-0.15, -0.1) is 28.1 Å². The molecule has 0 radical (unpaired) electrons. The van der Waals surface area contributed by atoms with Gasteiger partial charge in [0.25, 0.3) is 0 Å². The summed E-state index contributed by atoms with van der Waals surface area (Å²) in [7, 11) is 0. The molecule has 0 bridgehead atoms. The van der Waals surface area contributed by atoms with Gasteiger partial charge < -0.3 is 5.32 Å². The summed E-state index contributed by atoms with van der Waals surface area (Å²) >= 11 is 2.76. The van der Waals surface area contributed by atoms with Crippen LogP contribution < -0.4 is 5.32 Å². The zero-order valence-corrected chi connectivity index (χ0v) is 17.0. The van der Waals surface area contributed by atoms with Crippen LogP contribution in [-0.2, 0) is 17.5 Å². The van der Waals surface area contributed by atoms with E-state index in [1.165, 1.54) is 12.1 Å². The molecule has 0 fully saturated rings. The Balaban J connectivity index is 1.69. The van der Waals surface area contributed by atoms with Crippen LogP contribution in [0.25, 0.3) is 11.4 Å². The lowest BCUT2D eigenvalue weighted by Crippen LogP contribution is -2.15. The van der Waals surface area contributed by atoms with Gasteiger partial charge in [0.15, 0.2) is 11.0 Å². The van der Waals surface area contributed by atoms with Crippen molar-refractivity contribution in [1.82, 2.24) is 14.8 Å². The molecule has 29 heavy (non-hydrogen) atoms.